The number of aromatic nitrogens is 1. The lowest BCUT2D eigenvalue weighted by Gasteiger charge is -1.99. The number of hydrogen-bond acceptors (Lipinski definition) is 3. The molecule has 2 rings (SSSR count). The van der Waals surface area contributed by atoms with Gasteiger partial charge in [0.15, 0.2) is 5.76 Å². The van der Waals surface area contributed by atoms with E-state index in [0.717, 1.165) is 5.56 Å². The molecule has 0 bridgehead atoms. The predicted octanol–water partition coefficient (Wildman–Crippen LogP) is 2.28. The van der Waals surface area contributed by atoms with E-state index in [-0.39, 0.29) is 12.4 Å². The van der Waals surface area contributed by atoms with Crippen LogP contribution in [-0.2, 0) is 6.61 Å². The second-order valence-corrected chi connectivity index (χ2v) is 3.32. The summed E-state index contributed by atoms with van der Waals surface area (Å²) in [7, 11) is 0. The van der Waals surface area contributed by atoms with Gasteiger partial charge in [-0.15, -0.1) is 0 Å². The van der Waals surface area contributed by atoms with Gasteiger partial charge >= 0.3 is 0 Å². The Kier molecular flexibility index (Phi) is 2.51. The predicted molar refractivity (Wildman–Crippen MR) is 52.6 cm³/mol. The molecule has 0 radical (unpaired) electrons. The van der Waals surface area contributed by atoms with E-state index in [1.54, 1.807) is 12.1 Å². The Hall–Kier alpha value is -1.68. The van der Waals surface area contributed by atoms with Gasteiger partial charge in [0.25, 0.3) is 0 Å². The maximum absolute atomic E-state index is 13.4. The van der Waals surface area contributed by atoms with Gasteiger partial charge in [-0.3, -0.25) is 0 Å². The Bertz CT molecular complexity index is 479. The first-order valence-electron chi connectivity index (χ1n) is 4.53. The molecule has 0 saturated carbocycles. The molecule has 4 heteroatoms. The Morgan fingerprint density at radius 3 is 2.87 bits per heavy atom. The van der Waals surface area contributed by atoms with Crippen LogP contribution in [0.4, 0.5) is 4.39 Å². The maximum Gasteiger partial charge on any atom is 0.162 e. The van der Waals surface area contributed by atoms with Crippen molar-refractivity contribution in [1.29, 1.82) is 0 Å². The summed E-state index contributed by atoms with van der Waals surface area (Å²) in [6.45, 7) is 1.64. The van der Waals surface area contributed by atoms with E-state index in [1.165, 1.54) is 12.1 Å². The molecule has 1 aromatic heterocycles. The molecule has 78 valence electrons. The van der Waals surface area contributed by atoms with Crippen molar-refractivity contribution in [2.75, 3.05) is 0 Å². The van der Waals surface area contributed by atoms with Crippen molar-refractivity contribution in [3.8, 4) is 11.3 Å². The topological polar surface area (TPSA) is 46.3 Å². The quantitative estimate of drug-likeness (QED) is 0.821. The summed E-state index contributed by atoms with van der Waals surface area (Å²) >= 11 is 0. The van der Waals surface area contributed by atoms with Gasteiger partial charge in [0.1, 0.15) is 18.1 Å². The average molecular weight is 207 g/mol. The summed E-state index contributed by atoms with van der Waals surface area (Å²) in [6.07, 6.45) is 0. The molecule has 2 aromatic rings. The molecule has 0 spiro atoms. The molecule has 0 aliphatic carbocycles. The summed E-state index contributed by atoms with van der Waals surface area (Å²) in [5.41, 5.74) is 1.73. The third-order valence-corrected chi connectivity index (χ3v) is 2.11. The zero-order chi connectivity index (χ0) is 10.8. The van der Waals surface area contributed by atoms with Gasteiger partial charge in [0.05, 0.1) is 0 Å². The number of benzene rings is 1. The molecule has 0 fully saturated rings. The molecule has 1 aromatic carbocycles. The highest BCUT2D eigenvalue weighted by molar-refractivity contribution is 5.60. The zero-order valence-corrected chi connectivity index (χ0v) is 8.20. The fourth-order valence-electron chi connectivity index (χ4n) is 1.35. The van der Waals surface area contributed by atoms with Crippen LogP contribution in [-0.4, -0.2) is 10.3 Å². The zero-order valence-electron chi connectivity index (χ0n) is 8.20. The monoisotopic (exact) mass is 207 g/mol. The van der Waals surface area contributed by atoms with Crippen LogP contribution in [0.3, 0.4) is 0 Å². The number of aliphatic hydroxyl groups excluding tert-OH is 1. The Morgan fingerprint density at radius 1 is 1.40 bits per heavy atom. The number of halogens is 1. The fraction of sp³-hybridized carbons (Fsp3) is 0.182. The highest BCUT2D eigenvalue weighted by atomic mass is 19.1. The van der Waals surface area contributed by atoms with Gasteiger partial charge in [-0.1, -0.05) is 16.8 Å². The molecule has 0 aliphatic rings. The second-order valence-electron chi connectivity index (χ2n) is 3.32. The first kappa shape index (κ1) is 9.86. The summed E-state index contributed by atoms with van der Waals surface area (Å²) in [4.78, 5) is 0. The minimum atomic E-state index is -0.349. The molecule has 3 nitrogen and oxygen atoms in total. The SMILES string of the molecule is Cc1ccc(F)c(-c2cc(CO)on2)c1. The molecular weight excluding hydrogens is 197 g/mol. The molecule has 0 aliphatic heterocycles. The lowest BCUT2D eigenvalue weighted by atomic mass is 10.1. The molecular formula is C11H10FNO2. The number of aryl methyl sites for hydroxylation is 1. The Labute approximate surface area is 86.1 Å². The van der Waals surface area contributed by atoms with Gasteiger partial charge in [-0.05, 0) is 19.1 Å². The second kappa shape index (κ2) is 3.82. The Morgan fingerprint density at radius 2 is 2.20 bits per heavy atom. The average Bonchev–Trinajstić information content (AvgIpc) is 2.70. The first-order chi connectivity index (χ1) is 7.20. The summed E-state index contributed by atoms with van der Waals surface area (Å²) in [5, 5.41) is 12.5. The molecule has 1 N–H and O–H groups in total. The molecule has 15 heavy (non-hydrogen) atoms. The third-order valence-electron chi connectivity index (χ3n) is 2.11. The van der Waals surface area contributed by atoms with Crippen molar-refractivity contribution < 1.29 is 14.0 Å². The van der Waals surface area contributed by atoms with Crippen molar-refractivity contribution in [2.24, 2.45) is 0 Å². The number of rotatable bonds is 2. The van der Waals surface area contributed by atoms with E-state index in [2.05, 4.69) is 5.16 Å². The van der Waals surface area contributed by atoms with Crippen molar-refractivity contribution in [1.82, 2.24) is 5.16 Å². The van der Waals surface area contributed by atoms with Crippen LogP contribution in [0.5, 0.6) is 0 Å². The van der Waals surface area contributed by atoms with E-state index >= 15 is 0 Å². The summed E-state index contributed by atoms with van der Waals surface area (Å²) < 4.78 is 18.2. The molecule has 0 atom stereocenters. The van der Waals surface area contributed by atoms with Gasteiger partial charge in [-0.2, -0.15) is 0 Å². The van der Waals surface area contributed by atoms with E-state index in [9.17, 15) is 4.39 Å². The largest absolute Gasteiger partial charge is 0.388 e. The number of aliphatic hydroxyl groups is 1. The van der Waals surface area contributed by atoms with Crippen LogP contribution < -0.4 is 0 Å². The van der Waals surface area contributed by atoms with Crippen molar-refractivity contribution in [3.05, 3.63) is 41.4 Å². The highest BCUT2D eigenvalue weighted by Gasteiger charge is 2.10. The Balaban J connectivity index is 2.48. The van der Waals surface area contributed by atoms with Gasteiger partial charge < -0.3 is 9.63 Å². The molecule has 0 amide bonds. The van der Waals surface area contributed by atoms with Gasteiger partial charge in [0.2, 0.25) is 0 Å². The van der Waals surface area contributed by atoms with Gasteiger partial charge in [-0.25, -0.2) is 4.39 Å². The normalized spacial score (nSPS) is 10.6. The lowest BCUT2D eigenvalue weighted by Crippen LogP contribution is -1.85. The van der Waals surface area contributed by atoms with Crippen molar-refractivity contribution in [3.63, 3.8) is 0 Å². The summed E-state index contributed by atoms with van der Waals surface area (Å²) in [6, 6.07) is 6.29. The fourth-order valence-corrected chi connectivity index (χ4v) is 1.35. The molecule has 0 unspecified atom stereocenters. The van der Waals surface area contributed by atoms with Crippen molar-refractivity contribution in [2.45, 2.75) is 13.5 Å². The number of nitrogens with zero attached hydrogens (tertiary/aromatic N) is 1. The van der Waals surface area contributed by atoms with Crippen LogP contribution in [0.2, 0.25) is 0 Å². The van der Waals surface area contributed by atoms with Crippen molar-refractivity contribution >= 4 is 0 Å². The van der Waals surface area contributed by atoms with Gasteiger partial charge in [0, 0.05) is 11.6 Å². The summed E-state index contributed by atoms with van der Waals surface area (Å²) in [5.74, 6) is -0.0238. The van der Waals surface area contributed by atoms with Crippen LogP contribution in [0.25, 0.3) is 11.3 Å². The van der Waals surface area contributed by atoms with Crippen LogP contribution in [0, 0.1) is 12.7 Å². The van der Waals surface area contributed by atoms with E-state index < -0.39 is 0 Å². The standard InChI is InChI=1S/C11H10FNO2/c1-7-2-3-10(12)9(4-7)11-5-8(6-14)15-13-11/h2-5,14H,6H2,1H3. The van der Waals surface area contributed by atoms with Crippen LogP contribution in [0.15, 0.2) is 28.8 Å². The number of hydrogen-bond donors (Lipinski definition) is 1. The minimum Gasteiger partial charge on any atom is -0.388 e. The first-order valence-corrected chi connectivity index (χ1v) is 4.53. The minimum absolute atomic E-state index is 0.236. The molecule has 1 heterocycles. The van der Waals surface area contributed by atoms with E-state index in [1.807, 2.05) is 6.92 Å². The smallest absolute Gasteiger partial charge is 0.162 e. The van der Waals surface area contributed by atoms with Crippen LogP contribution >= 0.6 is 0 Å². The lowest BCUT2D eigenvalue weighted by molar-refractivity contribution is 0.229. The van der Waals surface area contributed by atoms with Crippen LogP contribution in [0.1, 0.15) is 11.3 Å². The maximum atomic E-state index is 13.4. The third kappa shape index (κ3) is 1.89. The van der Waals surface area contributed by atoms with E-state index in [0.29, 0.717) is 17.0 Å². The molecule has 0 saturated heterocycles. The highest BCUT2D eigenvalue weighted by Crippen LogP contribution is 2.23. The van der Waals surface area contributed by atoms with E-state index in [4.69, 9.17) is 9.63 Å².